The lowest BCUT2D eigenvalue weighted by Crippen LogP contribution is -2.50. The molecule has 1 fully saturated rings. The Morgan fingerprint density at radius 3 is 2.55 bits per heavy atom. The molecule has 0 aliphatic carbocycles. The van der Waals surface area contributed by atoms with E-state index < -0.39 is 5.60 Å². The number of hydrogen-bond acceptors (Lipinski definition) is 8. The molecule has 1 saturated heterocycles. The first kappa shape index (κ1) is 23.5. The molecule has 1 aliphatic heterocycles. The van der Waals surface area contributed by atoms with Crippen LogP contribution in [0.15, 0.2) is 41.7 Å². The molecule has 0 saturated carbocycles. The number of thiazole rings is 1. The Morgan fingerprint density at radius 2 is 1.88 bits per heavy atom. The fourth-order valence-corrected chi connectivity index (χ4v) is 5.04. The van der Waals surface area contributed by atoms with Gasteiger partial charge in [-0.05, 0) is 46.1 Å². The van der Waals surface area contributed by atoms with E-state index in [0.29, 0.717) is 26.2 Å². The molecular weight excluding hydrogens is 454 g/mol. The Bertz CT molecular complexity index is 1130. The summed E-state index contributed by atoms with van der Waals surface area (Å²) in [6.45, 7) is 10.4. The number of anilines is 1. The van der Waals surface area contributed by atoms with E-state index in [-0.39, 0.29) is 6.09 Å². The highest BCUT2D eigenvalue weighted by molar-refractivity contribution is 7.98. The van der Waals surface area contributed by atoms with Crippen LogP contribution in [0.2, 0.25) is 0 Å². The van der Waals surface area contributed by atoms with Crippen molar-refractivity contribution in [1.82, 2.24) is 19.9 Å². The second-order valence-electron chi connectivity index (χ2n) is 8.93. The van der Waals surface area contributed by atoms with Gasteiger partial charge in [0.05, 0.1) is 16.3 Å². The van der Waals surface area contributed by atoms with E-state index in [1.807, 2.05) is 33.1 Å². The number of nitrogens with zero attached hydrogens (tertiary/aromatic N) is 5. The van der Waals surface area contributed by atoms with Gasteiger partial charge in [-0.25, -0.2) is 19.7 Å². The van der Waals surface area contributed by atoms with Gasteiger partial charge in [-0.2, -0.15) is 0 Å². The molecule has 0 atom stereocenters. The second kappa shape index (κ2) is 9.69. The van der Waals surface area contributed by atoms with Gasteiger partial charge in [-0.1, -0.05) is 46.9 Å². The first-order valence-electron chi connectivity index (χ1n) is 10.9. The fourth-order valence-electron chi connectivity index (χ4n) is 3.58. The van der Waals surface area contributed by atoms with E-state index in [4.69, 9.17) is 14.7 Å². The van der Waals surface area contributed by atoms with Gasteiger partial charge in [0.1, 0.15) is 5.60 Å². The molecule has 174 valence electrons. The number of carbonyl (C=O) groups is 1. The minimum Gasteiger partial charge on any atom is -0.444 e. The third kappa shape index (κ3) is 5.65. The Balaban J connectivity index is 1.62. The maximum atomic E-state index is 12.4. The molecule has 0 unspecified atom stereocenters. The number of amides is 1. The van der Waals surface area contributed by atoms with Gasteiger partial charge in [-0.3, -0.25) is 0 Å². The van der Waals surface area contributed by atoms with Crippen molar-refractivity contribution in [3.8, 4) is 21.8 Å². The predicted octanol–water partition coefficient (Wildman–Crippen LogP) is 5.35. The van der Waals surface area contributed by atoms with Gasteiger partial charge in [0.15, 0.2) is 10.3 Å². The molecule has 9 heteroatoms. The average molecular weight is 484 g/mol. The minimum atomic E-state index is -0.492. The summed E-state index contributed by atoms with van der Waals surface area (Å²) >= 11 is 3.16. The molecule has 1 aliphatic rings. The summed E-state index contributed by atoms with van der Waals surface area (Å²) in [5.41, 5.74) is 3.57. The first-order chi connectivity index (χ1) is 15.7. The number of aryl methyl sites for hydroxylation is 1. The van der Waals surface area contributed by atoms with E-state index in [2.05, 4.69) is 41.1 Å². The largest absolute Gasteiger partial charge is 0.444 e. The lowest BCUT2D eigenvalue weighted by atomic mass is 10.1. The third-order valence-corrected chi connectivity index (χ3v) is 6.86. The summed E-state index contributed by atoms with van der Waals surface area (Å²) in [6, 6.07) is 10.3. The van der Waals surface area contributed by atoms with Crippen molar-refractivity contribution < 1.29 is 9.53 Å². The van der Waals surface area contributed by atoms with Crippen molar-refractivity contribution in [2.24, 2.45) is 0 Å². The summed E-state index contributed by atoms with van der Waals surface area (Å²) in [5.74, 6) is 0. The van der Waals surface area contributed by atoms with Crippen LogP contribution in [-0.4, -0.2) is 64.0 Å². The van der Waals surface area contributed by atoms with E-state index in [0.717, 1.165) is 32.1 Å². The third-order valence-electron chi connectivity index (χ3n) is 5.16. The van der Waals surface area contributed by atoms with Crippen LogP contribution in [0.25, 0.3) is 21.8 Å². The van der Waals surface area contributed by atoms with Gasteiger partial charge < -0.3 is 14.5 Å². The standard InChI is InChI=1S/C24H29N5O2S2/c1-16-7-6-8-17(15-16)19-20(18-9-10-25-21(26-18)32-5)33-22(27-19)28-11-13-29(14-12-28)23(30)31-24(2,3)4/h6-10,15H,11-14H2,1-5H3. The summed E-state index contributed by atoms with van der Waals surface area (Å²) in [4.78, 5) is 31.6. The molecular formula is C24H29N5O2S2. The summed E-state index contributed by atoms with van der Waals surface area (Å²) < 4.78 is 5.53. The Kier molecular flexibility index (Phi) is 6.90. The molecule has 1 amide bonds. The molecule has 7 nitrogen and oxygen atoms in total. The van der Waals surface area contributed by atoms with E-state index in [1.54, 1.807) is 22.4 Å². The van der Waals surface area contributed by atoms with Crippen LogP contribution >= 0.6 is 23.1 Å². The molecule has 0 bridgehead atoms. The molecule has 0 spiro atoms. The highest BCUT2D eigenvalue weighted by Gasteiger charge is 2.28. The normalized spacial score (nSPS) is 14.5. The van der Waals surface area contributed by atoms with Crippen molar-refractivity contribution in [2.75, 3.05) is 37.3 Å². The number of aromatic nitrogens is 3. The number of thioether (sulfide) groups is 1. The summed E-state index contributed by atoms with van der Waals surface area (Å²) in [6.07, 6.45) is 3.52. The Labute approximate surface area is 203 Å². The number of rotatable bonds is 4. The van der Waals surface area contributed by atoms with Crippen LogP contribution in [-0.2, 0) is 4.74 Å². The number of ether oxygens (including phenoxy) is 1. The predicted molar refractivity (Wildman–Crippen MR) is 135 cm³/mol. The summed E-state index contributed by atoms with van der Waals surface area (Å²) in [5, 5.41) is 1.68. The Hall–Kier alpha value is -2.65. The highest BCUT2D eigenvalue weighted by atomic mass is 32.2. The topological polar surface area (TPSA) is 71.5 Å². The highest BCUT2D eigenvalue weighted by Crippen LogP contribution is 2.40. The molecule has 4 rings (SSSR count). The maximum Gasteiger partial charge on any atom is 0.410 e. The summed E-state index contributed by atoms with van der Waals surface area (Å²) in [7, 11) is 0. The maximum absolute atomic E-state index is 12.4. The first-order valence-corrected chi connectivity index (χ1v) is 13.0. The fraction of sp³-hybridized carbons (Fsp3) is 0.417. The minimum absolute atomic E-state index is 0.256. The average Bonchev–Trinajstić information content (AvgIpc) is 3.24. The van der Waals surface area contributed by atoms with Gasteiger partial charge in [-0.15, -0.1) is 0 Å². The van der Waals surface area contributed by atoms with E-state index >= 15 is 0 Å². The van der Waals surface area contributed by atoms with Crippen LogP contribution in [0.3, 0.4) is 0 Å². The zero-order valence-corrected chi connectivity index (χ0v) is 21.3. The number of hydrogen-bond donors (Lipinski definition) is 0. The van der Waals surface area contributed by atoms with E-state index in [1.165, 1.54) is 17.3 Å². The number of carbonyl (C=O) groups excluding carboxylic acids is 1. The monoisotopic (exact) mass is 483 g/mol. The SMILES string of the molecule is CSc1nccc(-c2sc(N3CCN(C(=O)OC(C)(C)C)CC3)nc2-c2cccc(C)c2)n1. The van der Waals surface area contributed by atoms with Crippen molar-refractivity contribution in [1.29, 1.82) is 0 Å². The molecule has 0 N–H and O–H groups in total. The molecule has 33 heavy (non-hydrogen) atoms. The molecule has 1 aromatic carbocycles. The molecule has 2 aromatic heterocycles. The zero-order chi connectivity index (χ0) is 23.6. The van der Waals surface area contributed by atoms with Crippen molar-refractivity contribution in [2.45, 2.75) is 38.5 Å². The van der Waals surface area contributed by atoms with Gasteiger partial charge in [0.2, 0.25) is 0 Å². The van der Waals surface area contributed by atoms with Crippen molar-refractivity contribution in [3.63, 3.8) is 0 Å². The van der Waals surface area contributed by atoms with Crippen LogP contribution < -0.4 is 4.90 Å². The zero-order valence-electron chi connectivity index (χ0n) is 19.7. The van der Waals surface area contributed by atoms with E-state index in [9.17, 15) is 4.79 Å². The lowest BCUT2D eigenvalue weighted by molar-refractivity contribution is 0.0240. The van der Waals surface area contributed by atoms with Crippen LogP contribution in [0.4, 0.5) is 9.93 Å². The van der Waals surface area contributed by atoms with Crippen molar-refractivity contribution >= 4 is 34.3 Å². The van der Waals surface area contributed by atoms with Gasteiger partial charge in [0, 0.05) is 37.9 Å². The smallest absolute Gasteiger partial charge is 0.410 e. The van der Waals surface area contributed by atoms with Crippen LogP contribution in [0, 0.1) is 6.92 Å². The molecule has 3 heterocycles. The quantitative estimate of drug-likeness (QED) is 0.366. The Morgan fingerprint density at radius 1 is 1.12 bits per heavy atom. The van der Waals surface area contributed by atoms with Crippen molar-refractivity contribution in [3.05, 3.63) is 42.1 Å². The van der Waals surface area contributed by atoms with Gasteiger partial charge in [0.25, 0.3) is 0 Å². The lowest BCUT2D eigenvalue weighted by Gasteiger charge is -2.35. The molecule has 0 radical (unpaired) electrons. The number of benzene rings is 1. The van der Waals surface area contributed by atoms with Crippen LogP contribution in [0.1, 0.15) is 26.3 Å². The molecule has 3 aromatic rings. The van der Waals surface area contributed by atoms with Gasteiger partial charge >= 0.3 is 6.09 Å². The second-order valence-corrected chi connectivity index (χ2v) is 10.7. The van der Waals surface area contributed by atoms with Crippen LogP contribution in [0.5, 0.6) is 0 Å². The number of piperazine rings is 1.